The molecular weight excluding hydrogens is 343 g/mol. The molecule has 2 aromatic rings. The summed E-state index contributed by atoms with van der Waals surface area (Å²) in [5, 5.41) is 2.76. The van der Waals surface area contributed by atoms with Gasteiger partial charge in [0.2, 0.25) is 0 Å². The summed E-state index contributed by atoms with van der Waals surface area (Å²) in [4.78, 5) is 0. The van der Waals surface area contributed by atoms with Gasteiger partial charge in [-0.15, -0.1) is 0 Å². The van der Waals surface area contributed by atoms with Crippen LogP contribution in [0.3, 0.4) is 0 Å². The zero-order valence-electron chi connectivity index (χ0n) is 12.3. The number of hydrogen-bond donors (Lipinski definition) is 0. The minimum Gasteiger partial charge on any atom is -0.0733 e. The maximum atomic E-state index is 2.69. The first-order valence-corrected chi connectivity index (χ1v) is 8.20. The molecule has 0 aliphatic carbocycles. The summed E-state index contributed by atoms with van der Waals surface area (Å²) in [5.74, 6) is 1.33. The Labute approximate surface area is 130 Å². The van der Waals surface area contributed by atoms with Crippen LogP contribution in [-0.2, 0) is 3.42 Å². The minimum atomic E-state index is 0.215. The van der Waals surface area contributed by atoms with Gasteiger partial charge in [-0.3, -0.25) is 0 Å². The van der Waals surface area contributed by atoms with Gasteiger partial charge in [0.1, 0.15) is 0 Å². The van der Waals surface area contributed by atoms with Crippen LogP contribution >= 0.6 is 22.6 Å². The lowest BCUT2D eigenvalue weighted by atomic mass is 9.80. The predicted molar refractivity (Wildman–Crippen MR) is 93.9 cm³/mol. The van der Waals surface area contributed by atoms with Crippen LogP contribution in [0, 0.1) is 11.8 Å². The number of fused-ring (bicyclic) bond motifs is 1. The van der Waals surface area contributed by atoms with E-state index in [2.05, 4.69) is 92.8 Å². The van der Waals surface area contributed by atoms with Crippen molar-refractivity contribution in [1.82, 2.24) is 0 Å². The van der Waals surface area contributed by atoms with Crippen LogP contribution in [0.4, 0.5) is 0 Å². The summed E-state index contributed by atoms with van der Waals surface area (Å²) in [6.07, 6.45) is 1.22. The lowest BCUT2D eigenvalue weighted by molar-refractivity contribution is 0.390. The summed E-state index contributed by atoms with van der Waals surface area (Å²) in [5.41, 5.74) is 1.50. The van der Waals surface area contributed by atoms with E-state index in [4.69, 9.17) is 0 Å². The van der Waals surface area contributed by atoms with Crippen LogP contribution in [0.15, 0.2) is 42.5 Å². The van der Waals surface area contributed by atoms with Crippen molar-refractivity contribution in [2.75, 3.05) is 0 Å². The maximum absolute atomic E-state index is 2.69. The van der Waals surface area contributed by atoms with E-state index in [1.54, 1.807) is 0 Å². The minimum absolute atomic E-state index is 0.215. The van der Waals surface area contributed by atoms with E-state index in [-0.39, 0.29) is 3.42 Å². The first-order valence-electron chi connectivity index (χ1n) is 7.12. The zero-order chi connectivity index (χ0) is 14.0. The highest BCUT2D eigenvalue weighted by molar-refractivity contribution is 14.1. The van der Waals surface area contributed by atoms with Gasteiger partial charge >= 0.3 is 0 Å². The second-order valence-electron chi connectivity index (χ2n) is 6.14. The Bertz CT molecular complexity index is 551. The predicted octanol–water partition coefficient (Wildman–Crippen LogP) is 6.17. The van der Waals surface area contributed by atoms with Crippen LogP contribution in [0.1, 0.15) is 39.7 Å². The molecule has 0 heterocycles. The second-order valence-corrected chi connectivity index (χ2v) is 8.07. The van der Waals surface area contributed by atoms with Crippen LogP contribution in [-0.4, -0.2) is 0 Å². The molecule has 0 nitrogen and oxygen atoms in total. The summed E-state index contributed by atoms with van der Waals surface area (Å²) in [6, 6.07) is 15.5. The average molecular weight is 366 g/mol. The van der Waals surface area contributed by atoms with Crippen LogP contribution < -0.4 is 0 Å². The van der Waals surface area contributed by atoms with Crippen LogP contribution in [0.5, 0.6) is 0 Å². The molecule has 19 heavy (non-hydrogen) atoms. The fraction of sp³-hybridized carbons (Fsp3) is 0.444. The van der Waals surface area contributed by atoms with E-state index in [1.165, 1.54) is 22.8 Å². The molecule has 0 spiro atoms. The number of halogens is 1. The van der Waals surface area contributed by atoms with E-state index in [1.807, 2.05) is 0 Å². The van der Waals surface area contributed by atoms with Crippen molar-refractivity contribution in [2.45, 2.75) is 37.5 Å². The van der Waals surface area contributed by atoms with Gasteiger partial charge in [-0.2, -0.15) is 0 Å². The Morgan fingerprint density at radius 2 is 1.58 bits per heavy atom. The first kappa shape index (κ1) is 14.8. The van der Waals surface area contributed by atoms with Gasteiger partial charge in [-0.05, 0) is 34.6 Å². The van der Waals surface area contributed by atoms with E-state index in [0.29, 0.717) is 11.8 Å². The summed E-state index contributed by atoms with van der Waals surface area (Å²) in [6.45, 7) is 9.33. The fourth-order valence-electron chi connectivity index (χ4n) is 2.84. The highest BCUT2D eigenvalue weighted by Gasteiger charge is 2.34. The van der Waals surface area contributed by atoms with Crippen molar-refractivity contribution in [3.63, 3.8) is 0 Å². The third-order valence-electron chi connectivity index (χ3n) is 3.86. The molecule has 2 aromatic carbocycles. The van der Waals surface area contributed by atoms with Crippen molar-refractivity contribution in [1.29, 1.82) is 0 Å². The lowest BCUT2D eigenvalue weighted by Gasteiger charge is -2.35. The topological polar surface area (TPSA) is 0 Å². The van der Waals surface area contributed by atoms with Crippen molar-refractivity contribution in [3.05, 3.63) is 48.0 Å². The summed E-state index contributed by atoms with van der Waals surface area (Å²) in [7, 11) is 0. The van der Waals surface area contributed by atoms with Crippen molar-refractivity contribution < 1.29 is 0 Å². The standard InChI is InChI=1S/C18H23I/c1-13(2)12-18(19,14(3)4)17-11-7-9-15-8-5-6-10-16(15)17/h5-11,13-14H,12H2,1-4H3. The molecule has 0 aromatic heterocycles. The molecule has 0 fully saturated rings. The molecule has 102 valence electrons. The third-order valence-corrected chi connectivity index (χ3v) is 6.12. The van der Waals surface area contributed by atoms with Crippen molar-refractivity contribution in [2.24, 2.45) is 11.8 Å². The molecule has 0 bridgehead atoms. The van der Waals surface area contributed by atoms with Gasteiger partial charge in [0.05, 0.1) is 3.42 Å². The monoisotopic (exact) mass is 366 g/mol. The molecule has 2 rings (SSSR count). The van der Waals surface area contributed by atoms with Gasteiger partial charge in [-0.1, -0.05) is 92.8 Å². The number of rotatable bonds is 4. The molecule has 0 saturated carbocycles. The normalized spacial score (nSPS) is 15.1. The first-order chi connectivity index (χ1) is 8.95. The Kier molecular flexibility index (Phi) is 4.54. The average Bonchev–Trinajstić information content (AvgIpc) is 2.37. The smallest absolute Gasteiger partial charge is 0.0501 e. The Morgan fingerprint density at radius 3 is 2.21 bits per heavy atom. The fourth-order valence-corrected chi connectivity index (χ4v) is 4.19. The SMILES string of the molecule is CC(C)CC(I)(c1cccc2ccccc12)C(C)C. The van der Waals surface area contributed by atoms with Crippen molar-refractivity contribution >= 4 is 33.4 Å². The Morgan fingerprint density at radius 1 is 0.947 bits per heavy atom. The molecular formula is C18H23I. The summed E-state index contributed by atoms with van der Waals surface area (Å²) < 4.78 is 0.215. The largest absolute Gasteiger partial charge is 0.0733 e. The van der Waals surface area contributed by atoms with Gasteiger partial charge in [0.15, 0.2) is 0 Å². The number of alkyl halides is 1. The number of benzene rings is 2. The maximum Gasteiger partial charge on any atom is 0.0501 e. The lowest BCUT2D eigenvalue weighted by Crippen LogP contribution is -2.27. The van der Waals surface area contributed by atoms with E-state index < -0.39 is 0 Å². The molecule has 0 aliphatic heterocycles. The third kappa shape index (κ3) is 2.96. The van der Waals surface area contributed by atoms with Gasteiger partial charge in [0, 0.05) is 0 Å². The second kappa shape index (κ2) is 5.82. The van der Waals surface area contributed by atoms with Gasteiger partial charge in [0.25, 0.3) is 0 Å². The van der Waals surface area contributed by atoms with E-state index in [0.717, 1.165) is 0 Å². The molecule has 0 radical (unpaired) electrons. The molecule has 1 heteroatoms. The van der Waals surface area contributed by atoms with E-state index >= 15 is 0 Å². The zero-order valence-corrected chi connectivity index (χ0v) is 14.4. The molecule has 1 unspecified atom stereocenters. The quantitative estimate of drug-likeness (QED) is 0.448. The summed E-state index contributed by atoms with van der Waals surface area (Å²) >= 11 is 2.69. The van der Waals surface area contributed by atoms with Gasteiger partial charge < -0.3 is 0 Å². The molecule has 0 amide bonds. The molecule has 0 aliphatic rings. The van der Waals surface area contributed by atoms with Crippen molar-refractivity contribution in [3.8, 4) is 0 Å². The van der Waals surface area contributed by atoms with Crippen LogP contribution in [0.2, 0.25) is 0 Å². The van der Waals surface area contributed by atoms with E-state index in [9.17, 15) is 0 Å². The molecule has 1 atom stereocenters. The Hall–Kier alpha value is -0.570. The van der Waals surface area contributed by atoms with Gasteiger partial charge in [-0.25, -0.2) is 0 Å². The number of hydrogen-bond acceptors (Lipinski definition) is 0. The molecule has 0 N–H and O–H groups in total. The highest BCUT2D eigenvalue weighted by atomic mass is 127. The highest BCUT2D eigenvalue weighted by Crippen LogP contribution is 2.46. The van der Waals surface area contributed by atoms with Crippen LogP contribution in [0.25, 0.3) is 10.8 Å². The molecule has 0 saturated heterocycles. The Balaban J connectivity index is 2.63.